The molecule has 0 aliphatic carbocycles. The van der Waals surface area contributed by atoms with E-state index in [4.69, 9.17) is 5.73 Å². The Bertz CT molecular complexity index is 220. The first-order valence-corrected chi connectivity index (χ1v) is 5.88. The number of amides is 1. The van der Waals surface area contributed by atoms with Gasteiger partial charge in [-0.15, -0.1) is 0 Å². The summed E-state index contributed by atoms with van der Waals surface area (Å²) in [4.78, 5) is 13.5. The molecule has 0 bridgehead atoms. The molecule has 1 aliphatic heterocycles. The maximum Gasteiger partial charge on any atom is 0.234 e. The average Bonchev–Trinajstić information content (AvgIpc) is 2.27. The summed E-state index contributed by atoms with van der Waals surface area (Å²) in [6.45, 7) is 8.12. The maximum atomic E-state index is 11.2. The van der Waals surface area contributed by atoms with Gasteiger partial charge in [0.2, 0.25) is 5.91 Å². The molecule has 1 aliphatic rings. The van der Waals surface area contributed by atoms with Crippen LogP contribution in [0.3, 0.4) is 0 Å². The molecule has 3 N–H and O–H groups in total. The number of rotatable bonds is 4. The van der Waals surface area contributed by atoms with Crippen molar-refractivity contribution in [2.24, 2.45) is 5.73 Å². The Hall–Kier alpha value is -0.610. The third kappa shape index (κ3) is 2.92. The molecule has 4 nitrogen and oxygen atoms in total. The monoisotopic (exact) mass is 213 g/mol. The number of piperazine rings is 1. The van der Waals surface area contributed by atoms with Gasteiger partial charge in [0.25, 0.3) is 0 Å². The van der Waals surface area contributed by atoms with E-state index in [0.29, 0.717) is 12.1 Å². The van der Waals surface area contributed by atoms with Crippen LogP contribution in [0.2, 0.25) is 0 Å². The van der Waals surface area contributed by atoms with Crippen molar-refractivity contribution in [3.8, 4) is 0 Å². The number of nitrogens with one attached hydrogen (secondary N) is 1. The van der Waals surface area contributed by atoms with Crippen LogP contribution >= 0.6 is 0 Å². The minimum Gasteiger partial charge on any atom is -0.368 e. The molecular weight excluding hydrogens is 190 g/mol. The Labute approximate surface area is 92.2 Å². The highest BCUT2D eigenvalue weighted by Gasteiger charge is 2.31. The topological polar surface area (TPSA) is 58.4 Å². The largest absolute Gasteiger partial charge is 0.368 e. The van der Waals surface area contributed by atoms with Crippen LogP contribution in [0.25, 0.3) is 0 Å². The molecular formula is C11H23N3O. The normalized spacial score (nSPS) is 30.1. The summed E-state index contributed by atoms with van der Waals surface area (Å²) in [5.41, 5.74) is 5.37. The molecule has 1 heterocycles. The van der Waals surface area contributed by atoms with Crippen LogP contribution in [0.1, 0.15) is 33.6 Å². The summed E-state index contributed by atoms with van der Waals surface area (Å²) in [6.07, 6.45) is 2.15. The molecule has 0 radical (unpaired) electrons. The quantitative estimate of drug-likeness (QED) is 0.707. The molecule has 1 amide bonds. The van der Waals surface area contributed by atoms with Crippen LogP contribution < -0.4 is 11.1 Å². The van der Waals surface area contributed by atoms with Crippen molar-refractivity contribution in [2.75, 3.05) is 13.1 Å². The summed E-state index contributed by atoms with van der Waals surface area (Å²) >= 11 is 0. The Morgan fingerprint density at radius 2 is 2.20 bits per heavy atom. The van der Waals surface area contributed by atoms with Crippen LogP contribution in [0, 0.1) is 0 Å². The second-order valence-electron chi connectivity index (χ2n) is 4.35. The van der Waals surface area contributed by atoms with Gasteiger partial charge in [0.1, 0.15) is 0 Å². The highest BCUT2D eigenvalue weighted by molar-refractivity contribution is 5.79. The van der Waals surface area contributed by atoms with Gasteiger partial charge in [-0.3, -0.25) is 9.69 Å². The van der Waals surface area contributed by atoms with Gasteiger partial charge in [0.05, 0.1) is 6.04 Å². The van der Waals surface area contributed by atoms with Crippen molar-refractivity contribution >= 4 is 5.91 Å². The van der Waals surface area contributed by atoms with Crippen LogP contribution in [0.4, 0.5) is 0 Å². The van der Waals surface area contributed by atoms with Gasteiger partial charge in [-0.05, 0) is 19.8 Å². The maximum absolute atomic E-state index is 11.2. The van der Waals surface area contributed by atoms with E-state index in [2.05, 4.69) is 24.1 Å². The van der Waals surface area contributed by atoms with Crippen LogP contribution in [-0.2, 0) is 4.79 Å². The fourth-order valence-corrected chi connectivity index (χ4v) is 2.18. The van der Waals surface area contributed by atoms with E-state index in [0.717, 1.165) is 25.9 Å². The molecule has 88 valence electrons. The molecule has 15 heavy (non-hydrogen) atoms. The molecule has 0 aromatic heterocycles. The van der Waals surface area contributed by atoms with Gasteiger partial charge in [-0.25, -0.2) is 0 Å². The highest BCUT2D eigenvalue weighted by Crippen LogP contribution is 2.15. The molecule has 1 rings (SSSR count). The lowest BCUT2D eigenvalue weighted by Crippen LogP contribution is -2.60. The van der Waals surface area contributed by atoms with Crippen molar-refractivity contribution < 1.29 is 4.79 Å². The zero-order valence-corrected chi connectivity index (χ0v) is 9.99. The third-order valence-electron chi connectivity index (χ3n) is 3.42. The van der Waals surface area contributed by atoms with E-state index in [1.807, 2.05) is 6.92 Å². The predicted octanol–water partition coefficient (Wildman–Crippen LogP) is 0.323. The van der Waals surface area contributed by atoms with Gasteiger partial charge in [0.15, 0.2) is 0 Å². The number of nitrogens with zero attached hydrogens (tertiary/aromatic N) is 1. The van der Waals surface area contributed by atoms with Gasteiger partial charge >= 0.3 is 0 Å². The first kappa shape index (κ1) is 12.5. The molecule has 4 heteroatoms. The standard InChI is InChI=1S/C11H23N3O/c1-4-9-7-14(8(3)11(12)15)10(5-2)6-13-9/h8-10,13H,4-7H2,1-3H3,(H2,12,15). The Morgan fingerprint density at radius 3 is 2.67 bits per heavy atom. The summed E-state index contributed by atoms with van der Waals surface area (Å²) in [7, 11) is 0. The molecule has 0 saturated carbocycles. The molecule has 3 unspecified atom stereocenters. The number of nitrogens with two attached hydrogens (primary N) is 1. The van der Waals surface area contributed by atoms with Crippen LogP contribution in [0.15, 0.2) is 0 Å². The van der Waals surface area contributed by atoms with Crippen molar-refractivity contribution in [1.29, 1.82) is 0 Å². The minimum atomic E-state index is -0.217. The fraction of sp³-hybridized carbons (Fsp3) is 0.909. The van der Waals surface area contributed by atoms with Gasteiger partial charge in [0, 0.05) is 25.2 Å². The second-order valence-corrected chi connectivity index (χ2v) is 4.35. The lowest BCUT2D eigenvalue weighted by Gasteiger charge is -2.42. The smallest absolute Gasteiger partial charge is 0.234 e. The zero-order valence-electron chi connectivity index (χ0n) is 9.99. The van der Waals surface area contributed by atoms with Gasteiger partial charge in [-0.1, -0.05) is 13.8 Å². The number of hydrogen-bond acceptors (Lipinski definition) is 3. The van der Waals surface area contributed by atoms with Gasteiger partial charge < -0.3 is 11.1 Å². The van der Waals surface area contributed by atoms with Crippen molar-refractivity contribution in [2.45, 2.75) is 51.7 Å². The number of carbonyl (C=O) groups is 1. The van der Waals surface area contributed by atoms with Crippen LogP contribution in [-0.4, -0.2) is 42.0 Å². The van der Waals surface area contributed by atoms with E-state index in [1.54, 1.807) is 0 Å². The lowest BCUT2D eigenvalue weighted by atomic mass is 10.0. The van der Waals surface area contributed by atoms with Crippen molar-refractivity contribution in [1.82, 2.24) is 10.2 Å². The molecule has 3 atom stereocenters. The van der Waals surface area contributed by atoms with E-state index in [1.165, 1.54) is 0 Å². The predicted molar refractivity (Wildman–Crippen MR) is 61.5 cm³/mol. The number of carbonyl (C=O) groups excluding carboxylic acids is 1. The molecule has 0 aromatic carbocycles. The Kier molecular flexibility index (Phi) is 4.54. The van der Waals surface area contributed by atoms with Crippen molar-refractivity contribution in [3.63, 3.8) is 0 Å². The lowest BCUT2D eigenvalue weighted by molar-refractivity contribution is -0.124. The molecule has 0 spiro atoms. The van der Waals surface area contributed by atoms with E-state index < -0.39 is 0 Å². The SMILES string of the molecule is CCC1CN(C(C)C(N)=O)C(CC)CN1. The number of hydrogen-bond donors (Lipinski definition) is 2. The molecule has 1 fully saturated rings. The minimum absolute atomic E-state index is 0.147. The second kappa shape index (κ2) is 5.47. The Morgan fingerprint density at radius 1 is 1.53 bits per heavy atom. The third-order valence-corrected chi connectivity index (χ3v) is 3.42. The first-order valence-electron chi connectivity index (χ1n) is 5.88. The van der Waals surface area contributed by atoms with E-state index >= 15 is 0 Å². The summed E-state index contributed by atoms with van der Waals surface area (Å²) < 4.78 is 0. The van der Waals surface area contributed by atoms with Crippen molar-refractivity contribution in [3.05, 3.63) is 0 Å². The molecule has 0 aromatic rings. The summed E-state index contributed by atoms with van der Waals surface area (Å²) in [5, 5.41) is 3.50. The molecule has 1 saturated heterocycles. The van der Waals surface area contributed by atoms with Gasteiger partial charge in [-0.2, -0.15) is 0 Å². The summed E-state index contributed by atoms with van der Waals surface area (Å²) in [6, 6.07) is 0.788. The highest BCUT2D eigenvalue weighted by atomic mass is 16.1. The number of primary amides is 1. The fourth-order valence-electron chi connectivity index (χ4n) is 2.18. The Balaban J connectivity index is 2.66. The first-order chi connectivity index (χ1) is 7.10. The summed E-state index contributed by atoms with van der Waals surface area (Å²) in [5.74, 6) is -0.217. The van der Waals surface area contributed by atoms with E-state index in [9.17, 15) is 4.79 Å². The van der Waals surface area contributed by atoms with E-state index in [-0.39, 0.29) is 11.9 Å². The van der Waals surface area contributed by atoms with Crippen LogP contribution in [0.5, 0.6) is 0 Å². The average molecular weight is 213 g/mol. The zero-order chi connectivity index (χ0) is 11.4.